The molecule has 0 unspecified atom stereocenters. The summed E-state index contributed by atoms with van der Waals surface area (Å²) in [5.74, 6) is -0.482. The average Bonchev–Trinajstić information content (AvgIpc) is 3.62. The van der Waals surface area contributed by atoms with Crippen molar-refractivity contribution in [3.63, 3.8) is 0 Å². The van der Waals surface area contributed by atoms with Crippen molar-refractivity contribution in [1.82, 2.24) is 0 Å². The zero-order chi connectivity index (χ0) is 52.2. The Kier molecular flexibility index (Phi) is 14.9. The number of aliphatic hydroxyl groups is 3. The lowest BCUT2D eigenvalue weighted by molar-refractivity contribution is -0.339. The summed E-state index contributed by atoms with van der Waals surface area (Å²) in [5, 5.41) is 36.2. The molecule has 13 heterocycles. The number of hydrogen-bond donors (Lipinski definition) is 3. The molecular weight excluding hydrogens is 977 g/mol. The Hall–Kier alpha value is -2.20. The Morgan fingerprint density at radius 1 is 0.500 bits per heavy atom. The minimum absolute atomic E-state index is 0.0983. The number of ether oxygens (including phenoxy) is 13. The van der Waals surface area contributed by atoms with Crippen LogP contribution in [0.2, 0.25) is 0 Å². The van der Waals surface area contributed by atoms with Gasteiger partial charge in [-0.05, 0) is 57.3 Å². The van der Waals surface area contributed by atoms with Gasteiger partial charge in [-0.15, -0.1) is 0 Å². The van der Waals surface area contributed by atoms with Crippen molar-refractivity contribution in [3.05, 3.63) is 73.4 Å². The van der Waals surface area contributed by atoms with Gasteiger partial charge in [0.15, 0.2) is 5.79 Å². The maximum atomic E-state index is 12.4. The van der Waals surface area contributed by atoms with Crippen molar-refractivity contribution in [2.24, 2.45) is 23.7 Å². The fourth-order valence-electron chi connectivity index (χ4n) is 15.8. The Morgan fingerprint density at radius 3 is 1.92 bits per heavy atom. The van der Waals surface area contributed by atoms with E-state index in [-0.39, 0.29) is 103 Å². The van der Waals surface area contributed by atoms with Crippen LogP contribution in [0.1, 0.15) is 105 Å². The Balaban J connectivity index is 0.686. The van der Waals surface area contributed by atoms with Gasteiger partial charge in [-0.3, -0.25) is 0 Å². The second-order valence-electron chi connectivity index (χ2n) is 25.1. The quantitative estimate of drug-likeness (QED) is 0.222. The van der Waals surface area contributed by atoms with Crippen LogP contribution in [0.5, 0.6) is 0 Å². The minimum Gasteiger partial charge on any atom is -0.390 e. The predicted octanol–water partition coefficient (Wildman–Crippen LogP) is 5.83. The summed E-state index contributed by atoms with van der Waals surface area (Å²) in [4.78, 5) is 0. The van der Waals surface area contributed by atoms with Gasteiger partial charge in [0.2, 0.25) is 0 Å². The first-order valence-corrected chi connectivity index (χ1v) is 29.3. The zero-order valence-corrected chi connectivity index (χ0v) is 44.9. The van der Waals surface area contributed by atoms with Gasteiger partial charge in [0.05, 0.1) is 110 Å². The molecule has 0 bridgehead atoms. The Morgan fingerprint density at radius 2 is 1.13 bits per heavy atom. The normalized spacial score (nSPS) is 57.1. The van der Waals surface area contributed by atoms with Crippen molar-refractivity contribution < 1.29 is 76.9 Å². The molecule has 420 valence electrons. The van der Waals surface area contributed by atoms with Crippen LogP contribution in [-0.4, -0.2) is 186 Å². The third kappa shape index (κ3) is 9.58. The molecule has 9 saturated heterocycles. The van der Waals surface area contributed by atoms with Crippen molar-refractivity contribution in [2.45, 2.75) is 269 Å². The maximum absolute atomic E-state index is 12.4. The third-order valence-corrected chi connectivity index (χ3v) is 20.3. The molecule has 0 aromatic carbocycles. The highest BCUT2D eigenvalue weighted by Gasteiger charge is 2.62. The summed E-state index contributed by atoms with van der Waals surface area (Å²) in [6.07, 6.45) is 18.3. The van der Waals surface area contributed by atoms with E-state index in [1.165, 1.54) is 0 Å². The van der Waals surface area contributed by atoms with Gasteiger partial charge < -0.3 is 76.9 Å². The zero-order valence-electron chi connectivity index (χ0n) is 44.9. The summed E-state index contributed by atoms with van der Waals surface area (Å²) in [6, 6.07) is 0. The van der Waals surface area contributed by atoms with Crippen LogP contribution in [0.3, 0.4) is 0 Å². The van der Waals surface area contributed by atoms with Crippen molar-refractivity contribution >= 4 is 0 Å². The molecule has 0 saturated carbocycles. The average molecular weight is 1060 g/mol. The fourth-order valence-corrected chi connectivity index (χ4v) is 15.8. The summed E-state index contributed by atoms with van der Waals surface area (Å²) >= 11 is 0. The minimum atomic E-state index is -1.01. The van der Waals surface area contributed by atoms with Gasteiger partial charge >= 0.3 is 0 Å². The van der Waals surface area contributed by atoms with Crippen LogP contribution in [0.15, 0.2) is 73.4 Å². The fraction of sp³-hybridized carbons (Fsp3) is 0.800. The van der Waals surface area contributed by atoms with E-state index in [1.807, 2.05) is 37.3 Å². The van der Waals surface area contributed by atoms with Crippen LogP contribution in [0.4, 0.5) is 0 Å². The molecule has 13 aliphatic heterocycles. The Labute approximate surface area is 448 Å². The molecule has 0 aromatic rings. The summed E-state index contributed by atoms with van der Waals surface area (Å²) < 4.78 is 89.5. The molecule has 31 atom stereocenters. The monoisotopic (exact) mass is 1060 g/mol. The highest BCUT2D eigenvalue weighted by atomic mass is 16.7. The first kappa shape index (κ1) is 53.1. The highest BCUT2D eigenvalue weighted by molar-refractivity contribution is 5.18. The van der Waals surface area contributed by atoms with Crippen LogP contribution in [0, 0.1) is 23.7 Å². The van der Waals surface area contributed by atoms with Crippen LogP contribution < -0.4 is 0 Å². The van der Waals surface area contributed by atoms with Crippen LogP contribution in [0.25, 0.3) is 0 Å². The van der Waals surface area contributed by atoms with Gasteiger partial charge in [-0.2, -0.15) is 0 Å². The molecule has 13 aliphatic rings. The van der Waals surface area contributed by atoms with Gasteiger partial charge in [0.1, 0.15) is 54.4 Å². The molecule has 13 rings (SSSR count). The van der Waals surface area contributed by atoms with E-state index in [1.54, 1.807) is 6.08 Å². The molecule has 16 heteroatoms. The van der Waals surface area contributed by atoms with Crippen molar-refractivity contribution in [2.75, 3.05) is 6.61 Å². The van der Waals surface area contributed by atoms with E-state index in [9.17, 15) is 15.3 Å². The smallest absolute Gasteiger partial charge is 0.171 e. The van der Waals surface area contributed by atoms with E-state index < -0.39 is 84.6 Å². The number of allylic oxidation sites excluding steroid dienone is 2. The molecule has 0 aromatic heterocycles. The Bertz CT molecular complexity index is 2230. The van der Waals surface area contributed by atoms with Crippen LogP contribution in [-0.2, 0) is 61.6 Å². The summed E-state index contributed by atoms with van der Waals surface area (Å²) in [7, 11) is 0. The van der Waals surface area contributed by atoms with E-state index in [2.05, 4.69) is 64.7 Å². The van der Waals surface area contributed by atoms with E-state index in [4.69, 9.17) is 61.6 Å². The molecule has 16 nitrogen and oxygen atoms in total. The predicted molar refractivity (Wildman–Crippen MR) is 275 cm³/mol. The molecule has 0 amide bonds. The topological polar surface area (TPSA) is 181 Å². The molecule has 0 radical (unpaired) electrons. The van der Waals surface area contributed by atoms with Crippen LogP contribution >= 0.6 is 0 Å². The van der Waals surface area contributed by atoms with Gasteiger partial charge in [0.25, 0.3) is 0 Å². The van der Waals surface area contributed by atoms with Gasteiger partial charge in [-0.1, -0.05) is 101 Å². The van der Waals surface area contributed by atoms with Crippen molar-refractivity contribution in [1.29, 1.82) is 0 Å². The molecule has 1 spiro atoms. The SMILES string of the molecule is C=C/C=C/[C@@H]1C=CC[C@@H]2O[C@@H]3C[C@@H]4O[C@@H]5C=C[C@@H]6O[C@@H]7C[C@@H](O)[C@]8(C)O[C@@H]9C[C@H](C)C[C@@H]%10O[C@@H]%11[C@@H](C)[C@H](O)[C@@H]%12O[C@]%13(CCCO%13)[C@@H](C)[C@H](C)[C@H]%12O[C@H]%11C[C@H]%10O[C@H]9C[C@H]8O[C@H]7C/C=C\C[C@H]6O[C@H]5C=C[C@H]4O[C@H]3[C@H](O)[C@H]2O1. The van der Waals surface area contributed by atoms with E-state index >= 15 is 0 Å². The second kappa shape index (κ2) is 21.3. The van der Waals surface area contributed by atoms with Crippen molar-refractivity contribution in [3.8, 4) is 0 Å². The number of fused-ring (bicyclic) bond motifs is 11. The van der Waals surface area contributed by atoms with E-state index in [0.717, 1.165) is 25.7 Å². The number of hydrogen-bond acceptors (Lipinski definition) is 16. The largest absolute Gasteiger partial charge is 0.390 e. The molecule has 0 aliphatic carbocycles. The molecule has 3 N–H and O–H groups in total. The maximum Gasteiger partial charge on any atom is 0.171 e. The molecule has 9 fully saturated rings. The third-order valence-electron chi connectivity index (χ3n) is 20.3. The standard InChI is InChI=1S/C60H84O16/c1-7-8-13-34-14-11-17-41-56(65-34)53(63)57-49(69-41)26-43-40(72-57)21-20-38-39(67-43)19-18-37-35(66-38)15-9-10-16-36-45(68-37)28-50(61)59(6)51(71-36)29-46-47(75-59)25-30(2)24-42-44(70-46)27-48-54(73-42)32(4)52(62)58-55(74-48)31(3)33(5)60(76-58)22-12-23-64-60/h7-11,13-14,18-21,30-58,61-63H,1,12,15-17,22-29H2,2-6H3/b10-9-,13-8+/t30-,31+,32+,33+,34-,35-,36+,37+,38+,39-,40-,41+,42+,43+,44-,45-,46+,47-,48+,49-,50-,51-,52+,53-,54-,55-,56+,57-,58+,59+,60-/m1/s1. The summed E-state index contributed by atoms with van der Waals surface area (Å²) in [5.41, 5.74) is -1.01. The highest BCUT2D eigenvalue weighted by Crippen LogP contribution is 2.52. The first-order chi connectivity index (χ1) is 36.8. The van der Waals surface area contributed by atoms with E-state index in [0.29, 0.717) is 51.6 Å². The number of rotatable bonds is 2. The second-order valence-corrected chi connectivity index (χ2v) is 25.1. The lowest BCUT2D eigenvalue weighted by Crippen LogP contribution is -2.63. The molecular formula is C60H84O16. The lowest BCUT2D eigenvalue weighted by atomic mass is 9.76. The summed E-state index contributed by atoms with van der Waals surface area (Å²) in [6.45, 7) is 15.2. The number of aliphatic hydroxyl groups excluding tert-OH is 3. The lowest BCUT2D eigenvalue weighted by Gasteiger charge is -2.53. The molecule has 76 heavy (non-hydrogen) atoms. The first-order valence-electron chi connectivity index (χ1n) is 29.3. The van der Waals surface area contributed by atoms with Gasteiger partial charge in [0, 0.05) is 43.9 Å². The van der Waals surface area contributed by atoms with Gasteiger partial charge in [-0.25, -0.2) is 0 Å².